The van der Waals surface area contributed by atoms with Gasteiger partial charge in [0.15, 0.2) is 0 Å². The Hall–Kier alpha value is -1.94. The molecule has 1 fully saturated rings. The van der Waals surface area contributed by atoms with Crippen molar-refractivity contribution in [1.29, 1.82) is 5.26 Å². The molecule has 1 aromatic carbocycles. The molecule has 1 aromatic rings. The molecule has 104 valence electrons. The summed E-state index contributed by atoms with van der Waals surface area (Å²) in [5.74, 6) is -0.227. The molecule has 0 bridgehead atoms. The lowest BCUT2D eigenvalue weighted by molar-refractivity contribution is -0.385. The average Bonchev–Trinajstić information content (AvgIpc) is 2.47. The zero-order valence-corrected chi connectivity index (χ0v) is 12.2. The van der Waals surface area contributed by atoms with Crippen molar-refractivity contribution in [2.45, 2.75) is 12.8 Å². The van der Waals surface area contributed by atoms with Crippen LogP contribution in [0.2, 0.25) is 0 Å². The summed E-state index contributed by atoms with van der Waals surface area (Å²) in [5, 5.41) is 19.7. The second kappa shape index (κ2) is 6.01. The summed E-state index contributed by atoms with van der Waals surface area (Å²) < 4.78 is 0.349. The molecule has 0 N–H and O–H groups in total. The van der Waals surface area contributed by atoms with E-state index in [4.69, 9.17) is 5.26 Å². The van der Waals surface area contributed by atoms with Crippen LogP contribution < -0.4 is 0 Å². The minimum atomic E-state index is -0.525. The van der Waals surface area contributed by atoms with Gasteiger partial charge in [-0.15, -0.1) is 0 Å². The lowest BCUT2D eigenvalue weighted by Crippen LogP contribution is -2.38. The Morgan fingerprint density at radius 1 is 1.45 bits per heavy atom. The standard InChI is InChI=1S/C13H12BrN3O3/c14-11-2-1-10(7-12(11)17(19)20)13(18)16-5-3-9(8-15)4-6-16/h1-2,7,9H,3-6H2. The summed E-state index contributed by atoms with van der Waals surface area (Å²) in [7, 11) is 0. The average molecular weight is 338 g/mol. The van der Waals surface area contributed by atoms with Crippen molar-refractivity contribution >= 4 is 27.5 Å². The zero-order chi connectivity index (χ0) is 14.7. The molecule has 6 nitrogen and oxygen atoms in total. The number of hydrogen-bond donors (Lipinski definition) is 0. The number of nitro groups is 1. The zero-order valence-electron chi connectivity index (χ0n) is 10.6. The Kier molecular flexibility index (Phi) is 4.35. The van der Waals surface area contributed by atoms with E-state index in [1.807, 2.05) is 0 Å². The van der Waals surface area contributed by atoms with E-state index < -0.39 is 4.92 Å². The Morgan fingerprint density at radius 3 is 2.65 bits per heavy atom. The minimum absolute atomic E-state index is 0.00157. The normalized spacial score (nSPS) is 15.7. The van der Waals surface area contributed by atoms with Gasteiger partial charge in [-0.05, 0) is 40.9 Å². The predicted molar refractivity (Wildman–Crippen MR) is 75.0 cm³/mol. The molecule has 1 amide bonds. The Bertz CT molecular complexity index is 589. The van der Waals surface area contributed by atoms with Gasteiger partial charge in [-0.2, -0.15) is 5.26 Å². The Labute approximate surface area is 124 Å². The number of piperidine rings is 1. The predicted octanol–water partition coefficient (Wildman–Crippen LogP) is 2.73. The van der Waals surface area contributed by atoms with Crippen molar-refractivity contribution in [3.05, 3.63) is 38.3 Å². The van der Waals surface area contributed by atoms with E-state index in [1.54, 1.807) is 11.0 Å². The maximum Gasteiger partial charge on any atom is 0.284 e. The lowest BCUT2D eigenvalue weighted by atomic mass is 9.98. The first-order valence-electron chi connectivity index (χ1n) is 6.15. The number of benzene rings is 1. The number of halogens is 1. The van der Waals surface area contributed by atoms with Crippen LogP contribution in [0.25, 0.3) is 0 Å². The van der Waals surface area contributed by atoms with E-state index >= 15 is 0 Å². The van der Waals surface area contributed by atoms with Gasteiger partial charge in [0, 0.05) is 30.6 Å². The van der Waals surface area contributed by atoms with E-state index in [0.717, 1.165) is 0 Å². The van der Waals surface area contributed by atoms with Crippen LogP contribution in [0, 0.1) is 27.4 Å². The van der Waals surface area contributed by atoms with Gasteiger partial charge in [0.2, 0.25) is 0 Å². The number of nitrogens with zero attached hydrogens (tertiary/aromatic N) is 3. The summed E-state index contributed by atoms with van der Waals surface area (Å²) in [6.45, 7) is 1.03. The van der Waals surface area contributed by atoms with Crippen LogP contribution in [0.1, 0.15) is 23.2 Å². The number of rotatable bonds is 2. The molecular formula is C13H12BrN3O3. The van der Waals surface area contributed by atoms with E-state index in [-0.39, 0.29) is 17.5 Å². The largest absolute Gasteiger partial charge is 0.339 e. The number of hydrogen-bond acceptors (Lipinski definition) is 4. The summed E-state index contributed by atoms with van der Waals surface area (Å²) in [6.07, 6.45) is 1.31. The fourth-order valence-corrected chi connectivity index (χ4v) is 2.57. The van der Waals surface area contributed by atoms with Crippen LogP contribution >= 0.6 is 15.9 Å². The molecule has 0 atom stereocenters. The number of nitriles is 1. The number of amides is 1. The highest BCUT2D eigenvalue weighted by Crippen LogP contribution is 2.27. The van der Waals surface area contributed by atoms with E-state index in [2.05, 4.69) is 22.0 Å². The molecule has 1 aliphatic heterocycles. The van der Waals surface area contributed by atoms with Gasteiger partial charge in [0.05, 0.1) is 15.5 Å². The van der Waals surface area contributed by atoms with E-state index in [1.165, 1.54) is 12.1 Å². The molecule has 2 rings (SSSR count). The van der Waals surface area contributed by atoms with Gasteiger partial charge in [0.25, 0.3) is 11.6 Å². The van der Waals surface area contributed by atoms with Crippen LogP contribution in [-0.4, -0.2) is 28.8 Å². The number of carbonyl (C=O) groups excluding carboxylic acids is 1. The molecule has 1 heterocycles. The third kappa shape index (κ3) is 2.96. The second-order valence-electron chi connectivity index (χ2n) is 4.62. The second-order valence-corrected chi connectivity index (χ2v) is 5.47. The monoisotopic (exact) mass is 337 g/mol. The minimum Gasteiger partial charge on any atom is -0.339 e. The molecule has 0 unspecified atom stereocenters. The molecule has 0 aromatic heterocycles. The highest BCUT2D eigenvalue weighted by molar-refractivity contribution is 9.10. The van der Waals surface area contributed by atoms with Crippen molar-refractivity contribution in [2.75, 3.05) is 13.1 Å². The van der Waals surface area contributed by atoms with E-state index in [0.29, 0.717) is 36.0 Å². The van der Waals surface area contributed by atoms with Crippen LogP contribution in [0.4, 0.5) is 5.69 Å². The summed E-state index contributed by atoms with van der Waals surface area (Å²) >= 11 is 3.09. The summed E-state index contributed by atoms with van der Waals surface area (Å²) in [4.78, 5) is 24.3. The molecule has 0 spiro atoms. The highest BCUT2D eigenvalue weighted by atomic mass is 79.9. The van der Waals surface area contributed by atoms with Gasteiger partial charge in [-0.25, -0.2) is 0 Å². The highest BCUT2D eigenvalue weighted by Gasteiger charge is 2.25. The molecule has 1 saturated heterocycles. The number of carbonyl (C=O) groups is 1. The SMILES string of the molecule is N#CC1CCN(C(=O)c2ccc(Br)c([N+](=O)[O-])c2)CC1. The molecule has 0 aliphatic carbocycles. The molecular weight excluding hydrogens is 326 g/mol. The molecule has 0 saturated carbocycles. The van der Waals surface area contributed by atoms with Crippen LogP contribution in [0.5, 0.6) is 0 Å². The third-order valence-electron chi connectivity index (χ3n) is 3.35. The van der Waals surface area contributed by atoms with Crippen molar-refractivity contribution in [2.24, 2.45) is 5.92 Å². The van der Waals surface area contributed by atoms with Crippen LogP contribution in [0.3, 0.4) is 0 Å². The Morgan fingerprint density at radius 2 is 2.10 bits per heavy atom. The van der Waals surface area contributed by atoms with Crippen molar-refractivity contribution < 1.29 is 9.72 Å². The maximum atomic E-state index is 12.3. The first kappa shape index (κ1) is 14.5. The number of nitro benzene ring substituents is 1. The van der Waals surface area contributed by atoms with Crippen LogP contribution in [-0.2, 0) is 0 Å². The molecule has 7 heteroatoms. The maximum absolute atomic E-state index is 12.3. The van der Waals surface area contributed by atoms with Crippen molar-refractivity contribution in [3.63, 3.8) is 0 Å². The third-order valence-corrected chi connectivity index (χ3v) is 4.03. The summed E-state index contributed by atoms with van der Waals surface area (Å²) in [6, 6.07) is 6.55. The molecule has 20 heavy (non-hydrogen) atoms. The molecule has 1 aliphatic rings. The van der Waals surface area contributed by atoms with Gasteiger partial charge in [0.1, 0.15) is 0 Å². The topological polar surface area (TPSA) is 87.2 Å². The Balaban J connectivity index is 2.16. The van der Waals surface area contributed by atoms with Gasteiger partial charge < -0.3 is 4.90 Å². The van der Waals surface area contributed by atoms with Crippen molar-refractivity contribution in [1.82, 2.24) is 4.90 Å². The lowest BCUT2D eigenvalue weighted by Gasteiger charge is -2.29. The van der Waals surface area contributed by atoms with Gasteiger partial charge in [-0.3, -0.25) is 14.9 Å². The van der Waals surface area contributed by atoms with Crippen LogP contribution in [0.15, 0.2) is 22.7 Å². The summed E-state index contributed by atoms with van der Waals surface area (Å²) in [5.41, 5.74) is 0.179. The fraction of sp³-hybridized carbons (Fsp3) is 0.385. The smallest absolute Gasteiger partial charge is 0.284 e. The van der Waals surface area contributed by atoms with Gasteiger partial charge >= 0.3 is 0 Å². The number of likely N-dealkylation sites (tertiary alicyclic amines) is 1. The molecule has 0 radical (unpaired) electrons. The fourth-order valence-electron chi connectivity index (χ4n) is 2.18. The quantitative estimate of drug-likeness (QED) is 0.613. The van der Waals surface area contributed by atoms with E-state index in [9.17, 15) is 14.9 Å². The van der Waals surface area contributed by atoms with Crippen molar-refractivity contribution in [3.8, 4) is 6.07 Å². The first-order valence-corrected chi connectivity index (χ1v) is 6.95. The first-order chi connectivity index (χ1) is 9.52. The van der Waals surface area contributed by atoms with Gasteiger partial charge in [-0.1, -0.05) is 0 Å².